The van der Waals surface area contributed by atoms with Crippen LogP contribution in [-0.2, 0) is 9.53 Å². The molecular weight excluding hydrogens is 258 g/mol. The summed E-state index contributed by atoms with van der Waals surface area (Å²) < 4.78 is 4.98. The van der Waals surface area contributed by atoms with E-state index in [1.807, 2.05) is 14.1 Å². The Kier molecular flexibility index (Phi) is 7.36. The SMILES string of the molecule is CCOC(=O)N1CCCC(C(=O)NCCCN(C)C)C1. The molecule has 2 amide bonds. The fraction of sp³-hybridized carbons (Fsp3) is 0.857. The van der Waals surface area contributed by atoms with E-state index >= 15 is 0 Å². The van der Waals surface area contributed by atoms with Crippen LogP contribution in [0.3, 0.4) is 0 Å². The maximum absolute atomic E-state index is 12.1. The van der Waals surface area contributed by atoms with Crippen molar-refractivity contribution in [2.24, 2.45) is 5.92 Å². The van der Waals surface area contributed by atoms with Gasteiger partial charge in [-0.15, -0.1) is 0 Å². The van der Waals surface area contributed by atoms with E-state index < -0.39 is 0 Å². The van der Waals surface area contributed by atoms with Crippen molar-refractivity contribution in [3.63, 3.8) is 0 Å². The van der Waals surface area contributed by atoms with Crippen molar-refractivity contribution in [3.8, 4) is 0 Å². The van der Waals surface area contributed by atoms with Gasteiger partial charge in [0.2, 0.25) is 5.91 Å². The first-order valence-corrected chi connectivity index (χ1v) is 7.38. The maximum Gasteiger partial charge on any atom is 0.409 e. The summed E-state index contributed by atoms with van der Waals surface area (Å²) >= 11 is 0. The van der Waals surface area contributed by atoms with Crippen LogP contribution in [0.1, 0.15) is 26.2 Å². The summed E-state index contributed by atoms with van der Waals surface area (Å²) in [7, 11) is 4.03. The third kappa shape index (κ3) is 5.77. The maximum atomic E-state index is 12.1. The van der Waals surface area contributed by atoms with E-state index in [1.165, 1.54) is 0 Å². The molecule has 1 N–H and O–H groups in total. The van der Waals surface area contributed by atoms with Crippen LogP contribution in [0.4, 0.5) is 4.79 Å². The van der Waals surface area contributed by atoms with Gasteiger partial charge >= 0.3 is 6.09 Å². The quantitative estimate of drug-likeness (QED) is 0.737. The molecule has 1 fully saturated rings. The molecule has 0 aliphatic carbocycles. The van der Waals surface area contributed by atoms with Gasteiger partial charge in [-0.05, 0) is 46.8 Å². The number of piperidine rings is 1. The van der Waals surface area contributed by atoms with E-state index in [1.54, 1.807) is 11.8 Å². The second kappa shape index (κ2) is 8.79. The molecule has 0 radical (unpaired) electrons. The van der Waals surface area contributed by atoms with Crippen molar-refractivity contribution in [1.29, 1.82) is 0 Å². The molecule has 1 aliphatic rings. The Labute approximate surface area is 121 Å². The Bertz CT molecular complexity index is 321. The molecule has 0 spiro atoms. The lowest BCUT2D eigenvalue weighted by Gasteiger charge is -2.31. The first-order chi connectivity index (χ1) is 9.54. The lowest BCUT2D eigenvalue weighted by Crippen LogP contribution is -2.45. The van der Waals surface area contributed by atoms with E-state index in [0.29, 0.717) is 26.2 Å². The predicted octanol–water partition coefficient (Wildman–Crippen LogP) is 0.923. The van der Waals surface area contributed by atoms with Crippen molar-refractivity contribution in [1.82, 2.24) is 15.1 Å². The van der Waals surface area contributed by atoms with Crippen LogP contribution < -0.4 is 5.32 Å². The van der Waals surface area contributed by atoms with Crippen molar-refractivity contribution < 1.29 is 14.3 Å². The molecule has 6 heteroatoms. The van der Waals surface area contributed by atoms with E-state index in [-0.39, 0.29) is 17.9 Å². The standard InChI is InChI=1S/C14H27N3O3/c1-4-20-14(19)17-10-5-7-12(11-17)13(18)15-8-6-9-16(2)3/h12H,4-11H2,1-3H3,(H,15,18). The Morgan fingerprint density at radius 1 is 1.40 bits per heavy atom. The number of hydrogen-bond donors (Lipinski definition) is 1. The third-order valence-electron chi connectivity index (χ3n) is 3.40. The Hall–Kier alpha value is -1.30. The van der Waals surface area contributed by atoms with Crippen molar-refractivity contribution in [2.75, 3.05) is 46.9 Å². The molecule has 0 aromatic carbocycles. The van der Waals surface area contributed by atoms with Crippen LogP contribution in [0, 0.1) is 5.92 Å². The highest BCUT2D eigenvalue weighted by molar-refractivity contribution is 5.79. The van der Waals surface area contributed by atoms with Gasteiger partial charge in [-0.1, -0.05) is 0 Å². The van der Waals surface area contributed by atoms with Gasteiger partial charge in [-0.25, -0.2) is 4.79 Å². The third-order valence-corrected chi connectivity index (χ3v) is 3.40. The Morgan fingerprint density at radius 3 is 2.80 bits per heavy atom. The van der Waals surface area contributed by atoms with Gasteiger partial charge in [0, 0.05) is 19.6 Å². The van der Waals surface area contributed by atoms with Gasteiger partial charge in [0.1, 0.15) is 0 Å². The molecule has 0 aromatic rings. The largest absolute Gasteiger partial charge is 0.450 e. The normalized spacial score (nSPS) is 19.0. The summed E-state index contributed by atoms with van der Waals surface area (Å²) in [5.41, 5.74) is 0. The van der Waals surface area contributed by atoms with E-state index in [4.69, 9.17) is 4.74 Å². The molecule has 1 aliphatic heterocycles. The molecule has 1 unspecified atom stereocenters. The van der Waals surface area contributed by atoms with Gasteiger partial charge in [-0.2, -0.15) is 0 Å². The average Bonchev–Trinajstić information content (AvgIpc) is 2.43. The topological polar surface area (TPSA) is 61.9 Å². The molecule has 1 heterocycles. The number of carbonyl (C=O) groups is 2. The molecule has 0 bridgehead atoms. The van der Waals surface area contributed by atoms with Crippen LogP contribution in [0.15, 0.2) is 0 Å². The molecule has 0 aromatic heterocycles. The number of likely N-dealkylation sites (tertiary alicyclic amines) is 1. The Morgan fingerprint density at radius 2 is 2.15 bits per heavy atom. The van der Waals surface area contributed by atoms with Crippen molar-refractivity contribution in [2.45, 2.75) is 26.2 Å². The van der Waals surface area contributed by atoms with E-state index in [9.17, 15) is 9.59 Å². The lowest BCUT2D eigenvalue weighted by atomic mass is 9.97. The number of rotatable bonds is 6. The van der Waals surface area contributed by atoms with Crippen LogP contribution in [0.25, 0.3) is 0 Å². The fourth-order valence-corrected chi connectivity index (χ4v) is 2.32. The molecule has 1 saturated heterocycles. The highest BCUT2D eigenvalue weighted by Gasteiger charge is 2.28. The number of nitrogens with one attached hydrogen (secondary N) is 1. The summed E-state index contributed by atoms with van der Waals surface area (Å²) in [6.45, 7) is 4.96. The number of ether oxygens (including phenoxy) is 1. The summed E-state index contributed by atoms with van der Waals surface area (Å²) in [6.07, 6.45) is 2.33. The zero-order valence-corrected chi connectivity index (χ0v) is 12.9. The smallest absolute Gasteiger partial charge is 0.409 e. The van der Waals surface area contributed by atoms with E-state index in [2.05, 4.69) is 10.2 Å². The van der Waals surface area contributed by atoms with Crippen LogP contribution >= 0.6 is 0 Å². The lowest BCUT2D eigenvalue weighted by molar-refractivity contribution is -0.126. The minimum Gasteiger partial charge on any atom is -0.450 e. The molecule has 1 rings (SSSR count). The van der Waals surface area contributed by atoms with Gasteiger partial charge in [0.15, 0.2) is 0 Å². The Balaban J connectivity index is 2.31. The fourth-order valence-electron chi connectivity index (χ4n) is 2.32. The minimum atomic E-state index is -0.308. The van der Waals surface area contributed by atoms with Gasteiger partial charge in [0.25, 0.3) is 0 Å². The number of nitrogens with zero attached hydrogens (tertiary/aromatic N) is 2. The van der Waals surface area contributed by atoms with Crippen LogP contribution in [-0.4, -0.2) is 68.7 Å². The van der Waals surface area contributed by atoms with Crippen LogP contribution in [0.2, 0.25) is 0 Å². The second-order valence-corrected chi connectivity index (χ2v) is 5.43. The summed E-state index contributed by atoms with van der Waals surface area (Å²) in [4.78, 5) is 27.5. The first kappa shape index (κ1) is 16.8. The zero-order chi connectivity index (χ0) is 15.0. The molecule has 1 atom stereocenters. The summed E-state index contributed by atoms with van der Waals surface area (Å²) in [6, 6.07) is 0. The van der Waals surface area contributed by atoms with Crippen LogP contribution in [0.5, 0.6) is 0 Å². The minimum absolute atomic E-state index is 0.0535. The average molecular weight is 285 g/mol. The monoisotopic (exact) mass is 285 g/mol. The highest BCUT2D eigenvalue weighted by atomic mass is 16.6. The molecule has 116 valence electrons. The molecular formula is C14H27N3O3. The predicted molar refractivity (Wildman–Crippen MR) is 77.5 cm³/mol. The molecule has 20 heavy (non-hydrogen) atoms. The zero-order valence-electron chi connectivity index (χ0n) is 12.9. The first-order valence-electron chi connectivity index (χ1n) is 7.38. The number of amides is 2. The molecule has 6 nitrogen and oxygen atoms in total. The van der Waals surface area contributed by atoms with Crippen molar-refractivity contribution >= 4 is 12.0 Å². The van der Waals surface area contributed by atoms with Gasteiger partial charge in [0.05, 0.1) is 12.5 Å². The second-order valence-electron chi connectivity index (χ2n) is 5.43. The summed E-state index contributed by atoms with van der Waals surface area (Å²) in [5.74, 6) is -0.0507. The number of carbonyl (C=O) groups excluding carboxylic acids is 2. The van der Waals surface area contributed by atoms with Crippen molar-refractivity contribution in [3.05, 3.63) is 0 Å². The van der Waals surface area contributed by atoms with Gasteiger partial charge < -0.3 is 19.9 Å². The molecule has 0 saturated carbocycles. The highest BCUT2D eigenvalue weighted by Crippen LogP contribution is 2.17. The van der Waals surface area contributed by atoms with Gasteiger partial charge in [-0.3, -0.25) is 4.79 Å². The summed E-state index contributed by atoms with van der Waals surface area (Å²) in [5, 5.41) is 2.95. The number of hydrogen-bond acceptors (Lipinski definition) is 4. The van der Waals surface area contributed by atoms with E-state index in [0.717, 1.165) is 25.8 Å².